The number of nitrogens with two attached hydrogens (primary N) is 1. The van der Waals surface area contributed by atoms with E-state index in [4.69, 9.17) is 5.73 Å². The number of rotatable bonds is 3. The fraction of sp³-hybridized carbons (Fsp3) is 0.462. The van der Waals surface area contributed by atoms with E-state index in [1.165, 1.54) is 6.07 Å². The van der Waals surface area contributed by atoms with E-state index in [0.717, 1.165) is 67.2 Å². The molecule has 4 N–H and O–H groups in total. The number of hydrogen-bond donors (Lipinski definition) is 3. The van der Waals surface area contributed by atoms with Crippen molar-refractivity contribution in [3.63, 3.8) is 0 Å². The lowest BCUT2D eigenvalue weighted by atomic mass is 9.86. The Hall–Kier alpha value is -3.07. The lowest BCUT2D eigenvalue weighted by Gasteiger charge is -2.24. The maximum absolute atomic E-state index is 15.4. The van der Waals surface area contributed by atoms with Crippen LogP contribution in [0.5, 0.6) is 0 Å². The molecule has 6 heteroatoms. The molecule has 1 atom stereocenters. The van der Waals surface area contributed by atoms with Crippen LogP contribution in [-0.2, 0) is 17.6 Å². The first kappa shape index (κ1) is 23.6. The maximum Gasteiger partial charge on any atom is 0.296 e. The molecule has 0 saturated heterocycles. The van der Waals surface area contributed by atoms with Crippen LogP contribution in [0.4, 0.5) is 4.39 Å². The predicted octanol–water partition coefficient (Wildman–Crippen LogP) is 4.78. The molecule has 0 saturated carbocycles. The molecule has 2 aliphatic rings. The van der Waals surface area contributed by atoms with Gasteiger partial charge in [-0.2, -0.15) is 0 Å². The number of nitrogens with one attached hydrogen (secondary N) is 2. The quantitative estimate of drug-likeness (QED) is 0.477. The van der Waals surface area contributed by atoms with Crippen molar-refractivity contribution in [2.24, 2.45) is 5.73 Å². The number of aryl methyl sites for hydroxylation is 2. The van der Waals surface area contributed by atoms with Crippen LogP contribution >= 0.6 is 0 Å². The van der Waals surface area contributed by atoms with Gasteiger partial charge in [-0.05, 0) is 75.0 Å². The summed E-state index contributed by atoms with van der Waals surface area (Å²) in [5.74, 6) is 3.72. The summed E-state index contributed by atoms with van der Waals surface area (Å²) < 4.78 is 15.4. The van der Waals surface area contributed by atoms with E-state index in [1.54, 1.807) is 6.92 Å². The van der Waals surface area contributed by atoms with Crippen molar-refractivity contribution < 1.29 is 14.0 Å². The molecular weight excluding hydrogens is 405 g/mol. The second-order valence-electron chi connectivity index (χ2n) is 8.09. The van der Waals surface area contributed by atoms with E-state index >= 15 is 4.39 Å². The standard InChI is InChI=1S/C24H26FN3O2.C2H6/c1-2-7-20(29)27-15-9-6-8-14(12-15)21-18(25)13-17(24(26)30)23-22(21)16-10-4-3-5-11-19(16)28-23;1-2/h8,13,15,28H,3-6,9-12H2,1H3,(H2,26,30)(H,27,29);1-2H3. The van der Waals surface area contributed by atoms with Gasteiger partial charge < -0.3 is 16.0 Å². The minimum absolute atomic E-state index is 0.0961. The van der Waals surface area contributed by atoms with Gasteiger partial charge in [0.25, 0.3) is 11.8 Å². The number of halogens is 1. The van der Waals surface area contributed by atoms with Crippen LogP contribution in [0, 0.1) is 17.7 Å². The van der Waals surface area contributed by atoms with Crippen molar-refractivity contribution in [3.8, 4) is 11.8 Å². The zero-order valence-corrected chi connectivity index (χ0v) is 19.2. The van der Waals surface area contributed by atoms with E-state index in [9.17, 15) is 9.59 Å². The summed E-state index contributed by atoms with van der Waals surface area (Å²) in [4.78, 5) is 27.3. The van der Waals surface area contributed by atoms with E-state index in [-0.39, 0.29) is 17.5 Å². The number of primary amides is 1. The predicted molar refractivity (Wildman–Crippen MR) is 127 cm³/mol. The molecule has 1 unspecified atom stereocenters. The van der Waals surface area contributed by atoms with Crippen LogP contribution < -0.4 is 11.1 Å². The Morgan fingerprint density at radius 2 is 1.97 bits per heavy atom. The van der Waals surface area contributed by atoms with E-state index in [0.29, 0.717) is 17.5 Å². The summed E-state index contributed by atoms with van der Waals surface area (Å²) in [6.07, 6.45) is 9.08. The second kappa shape index (κ2) is 10.5. The molecule has 5 nitrogen and oxygen atoms in total. The first-order valence-corrected chi connectivity index (χ1v) is 11.6. The average molecular weight is 438 g/mol. The number of amides is 2. The Kier molecular flexibility index (Phi) is 7.74. The molecule has 2 aromatic rings. The van der Waals surface area contributed by atoms with Crippen molar-refractivity contribution in [1.82, 2.24) is 10.3 Å². The van der Waals surface area contributed by atoms with Crippen LogP contribution in [0.3, 0.4) is 0 Å². The number of allylic oxidation sites excluding steroid dienone is 1. The van der Waals surface area contributed by atoms with E-state index < -0.39 is 11.7 Å². The number of aromatic nitrogens is 1. The molecule has 0 spiro atoms. The summed E-state index contributed by atoms with van der Waals surface area (Å²) in [5.41, 5.74) is 9.98. The van der Waals surface area contributed by atoms with Gasteiger partial charge in [0, 0.05) is 22.7 Å². The highest BCUT2D eigenvalue weighted by molar-refractivity contribution is 6.09. The molecule has 0 aliphatic heterocycles. The molecule has 0 fully saturated rings. The van der Waals surface area contributed by atoms with Gasteiger partial charge in [-0.15, -0.1) is 0 Å². The Balaban J connectivity index is 0.00000141. The van der Waals surface area contributed by atoms with Gasteiger partial charge in [0.2, 0.25) is 0 Å². The molecule has 2 amide bonds. The van der Waals surface area contributed by atoms with Crippen LogP contribution in [0.25, 0.3) is 16.5 Å². The number of H-pyrrole nitrogens is 1. The van der Waals surface area contributed by atoms with Gasteiger partial charge in [0.1, 0.15) is 5.82 Å². The van der Waals surface area contributed by atoms with Gasteiger partial charge in [0.05, 0.1) is 11.1 Å². The highest BCUT2D eigenvalue weighted by Gasteiger charge is 2.27. The highest BCUT2D eigenvalue weighted by atomic mass is 19.1. The summed E-state index contributed by atoms with van der Waals surface area (Å²) in [7, 11) is 0. The third kappa shape index (κ3) is 4.72. The lowest BCUT2D eigenvalue weighted by Crippen LogP contribution is -2.35. The first-order valence-electron chi connectivity index (χ1n) is 11.6. The summed E-state index contributed by atoms with van der Waals surface area (Å²) in [5, 5.41) is 3.71. The van der Waals surface area contributed by atoms with E-state index in [1.807, 2.05) is 19.9 Å². The van der Waals surface area contributed by atoms with E-state index in [2.05, 4.69) is 22.1 Å². The second-order valence-corrected chi connectivity index (χ2v) is 8.09. The molecule has 1 aromatic carbocycles. The monoisotopic (exact) mass is 437 g/mol. The molecule has 0 radical (unpaired) electrons. The molecule has 170 valence electrons. The van der Waals surface area contributed by atoms with Crippen molar-refractivity contribution in [3.05, 3.63) is 40.3 Å². The Bertz CT molecular complexity index is 1120. The van der Waals surface area contributed by atoms with Gasteiger partial charge in [-0.1, -0.05) is 32.3 Å². The molecular formula is C26H32FN3O2. The molecule has 2 aliphatic carbocycles. The van der Waals surface area contributed by atoms with Gasteiger partial charge in [-0.3, -0.25) is 9.59 Å². The van der Waals surface area contributed by atoms with Crippen molar-refractivity contribution >= 4 is 28.3 Å². The van der Waals surface area contributed by atoms with Crippen molar-refractivity contribution in [2.45, 2.75) is 78.2 Å². The number of hydrogen-bond acceptors (Lipinski definition) is 2. The third-order valence-electron chi connectivity index (χ3n) is 6.11. The fourth-order valence-corrected chi connectivity index (χ4v) is 4.81. The zero-order valence-electron chi connectivity index (χ0n) is 19.2. The number of carbonyl (C=O) groups is 2. The minimum atomic E-state index is -0.636. The number of carbonyl (C=O) groups excluding carboxylic acids is 2. The van der Waals surface area contributed by atoms with Gasteiger partial charge in [-0.25, -0.2) is 4.39 Å². The van der Waals surface area contributed by atoms with Crippen LogP contribution in [0.1, 0.15) is 86.5 Å². The van der Waals surface area contributed by atoms with Crippen molar-refractivity contribution in [1.29, 1.82) is 0 Å². The van der Waals surface area contributed by atoms with Crippen LogP contribution in [0.2, 0.25) is 0 Å². The zero-order chi connectivity index (χ0) is 23.3. The minimum Gasteiger partial charge on any atom is -0.366 e. The number of fused-ring (bicyclic) bond motifs is 3. The van der Waals surface area contributed by atoms with Gasteiger partial charge >= 0.3 is 0 Å². The summed E-state index contributed by atoms with van der Waals surface area (Å²) >= 11 is 0. The normalized spacial score (nSPS) is 17.6. The SMILES string of the molecule is CC.CC#CC(=O)NC1CCC=C(c2c(F)cc(C(N)=O)c3[nH]c4c(c23)CCCCC4)C1. The smallest absolute Gasteiger partial charge is 0.296 e. The summed E-state index contributed by atoms with van der Waals surface area (Å²) in [6, 6.07) is 1.16. The molecule has 4 rings (SSSR count). The molecule has 1 heterocycles. The molecule has 1 aromatic heterocycles. The highest BCUT2D eigenvalue weighted by Crippen LogP contribution is 2.40. The topological polar surface area (TPSA) is 88.0 Å². The average Bonchev–Trinajstić information content (AvgIpc) is 2.96. The van der Waals surface area contributed by atoms with Crippen LogP contribution in [0.15, 0.2) is 12.1 Å². The first-order chi connectivity index (χ1) is 15.5. The van der Waals surface area contributed by atoms with Crippen LogP contribution in [-0.4, -0.2) is 22.8 Å². The number of benzene rings is 1. The Morgan fingerprint density at radius 3 is 2.69 bits per heavy atom. The lowest BCUT2D eigenvalue weighted by molar-refractivity contribution is -0.116. The fourth-order valence-electron chi connectivity index (χ4n) is 4.81. The number of aromatic amines is 1. The molecule has 32 heavy (non-hydrogen) atoms. The largest absolute Gasteiger partial charge is 0.366 e. The van der Waals surface area contributed by atoms with Crippen molar-refractivity contribution in [2.75, 3.05) is 0 Å². The Labute approximate surface area is 189 Å². The third-order valence-corrected chi connectivity index (χ3v) is 6.11. The van der Waals surface area contributed by atoms with Gasteiger partial charge in [0.15, 0.2) is 0 Å². The summed E-state index contributed by atoms with van der Waals surface area (Å²) in [6.45, 7) is 5.62. The molecule has 0 bridgehead atoms. The maximum atomic E-state index is 15.4. The Morgan fingerprint density at radius 1 is 1.22 bits per heavy atom.